The van der Waals surface area contributed by atoms with Crippen LogP contribution in [0.15, 0.2) is 89.4 Å². The Morgan fingerprint density at radius 2 is 1.73 bits per heavy atom. The minimum Gasteiger partial charge on any atom is -0.287 e. The summed E-state index contributed by atoms with van der Waals surface area (Å²) in [7, 11) is 0. The van der Waals surface area contributed by atoms with Gasteiger partial charge in [-0.1, -0.05) is 54.2 Å². The van der Waals surface area contributed by atoms with E-state index in [9.17, 15) is 9.18 Å². The predicted octanol–water partition coefficient (Wildman–Crippen LogP) is 6.60. The molecule has 5 rings (SSSR count). The molecule has 0 aliphatic heterocycles. The van der Waals surface area contributed by atoms with E-state index in [1.165, 1.54) is 29.2 Å². The number of nitrogens with zero attached hydrogens (tertiary/aromatic N) is 4. The van der Waals surface area contributed by atoms with Crippen LogP contribution in [-0.4, -0.2) is 20.4 Å². The highest BCUT2D eigenvalue weighted by Gasteiger charge is 2.21. The molecule has 5 nitrogen and oxygen atoms in total. The van der Waals surface area contributed by atoms with Crippen LogP contribution < -0.4 is 4.90 Å². The molecule has 2 aromatic heterocycles. The second-order valence-corrected chi connectivity index (χ2v) is 9.05. The maximum absolute atomic E-state index is 14.3. The second-order valence-electron chi connectivity index (χ2n) is 7.27. The molecule has 33 heavy (non-hydrogen) atoms. The van der Waals surface area contributed by atoms with Crippen LogP contribution in [0.25, 0.3) is 16.7 Å². The molecule has 0 bridgehead atoms. The molecule has 0 fully saturated rings. The van der Waals surface area contributed by atoms with Crippen molar-refractivity contribution in [2.75, 3.05) is 4.90 Å². The van der Waals surface area contributed by atoms with Crippen LogP contribution >= 0.6 is 23.1 Å². The van der Waals surface area contributed by atoms with Crippen LogP contribution in [0, 0.1) is 5.82 Å². The Morgan fingerprint density at radius 1 is 1.00 bits per heavy atom. The Kier molecular flexibility index (Phi) is 5.93. The van der Waals surface area contributed by atoms with Gasteiger partial charge in [-0.3, -0.25) is 14.3 Å². The van der Waals surface area contributed by atoms with Gasteiger partial charge in [0.15, 0.2) is 10.3 Å². The number of hydrogen-bond donors (Lipinski definition) is 0. The lowest BCUT2D eigenvalue weighted by Gasteiger charge is -2.18. The number of benzene rings is 3. The lowest BCUT2D eigenvalue weighted by molar-refractivity contribution is -0.115. The molecule has 0 atom stereocenters. The first kappa shape index (κ1) is 21.4. The summed E-state index contributed by atoms with van der Waals surface area (Å²) in [4.78, 5) is 23.0. The fourth-order valence-corrected chi connectivity index (χ4v) is 5.48. The van der Waals surface area contributed by atoms with E-state index in [1.54, 1.807) is 30.0 Å². The minimum atomic E-state index is -0.463. The number of thiazole rings is 1. The van der Waals surface area contributed by atoms with Crippen molar-refractivity contribution in [1.29, 1.82) is 0 Å². The van der Waals surface area contributed by atoms with Crippen molar-refractivity contribution in [2.45, 2.75) is 17.8 Å². The molecule has 164 valence electrons. The van der Waals surface area contributed by atoms with Crippen molar-refractivity contribution < 1.29 is 9.18 Å². The highest BCUT2D eigenvalue weighted by atomic mass is 32.2. The van der Waals surface area contributed by atoms with Crippen LogP contribution in [0.4, 0.5) is 15.2 Å². The highest BCUT2D eigenvalue weighted by Crippen LogP contribution is 2.34. The molecule has 2 heterocycles. The van der Waals surface area contributed by atoms with Crippen LogP contribution in [0.2, 0.25) is 0 Å². The van der Waals surface area contributed by atoms with Crippen LogP contribution in [0.5, 0.6) is 0 Å². The number of imidazole rings is 1. The molecule has 3 aromatic carbocycles. The number of hydrogen-bond acceptors (Lipinski definition) is 5. The monoisotopic (exact) mass is 474 g/mol. The van der Waals surface area contributed by atoms with Crippen LogP contribution in [0.1, 0.15) is 12.6 Å². The third-order valence-electron chi connectivity index (χ3n) is 5.03. The van der Waals surface area contributed by atoms with Gasteiger partial charge >= 0.3 is 0 Å². The van der Waals surface area contributed by atoms with E-state index < -0.39 is 5.82 Å². The molecule has 8 heteroatoms. The first-order chi connectivity index (χ1) is 16.1. The molecule has 0 spiro atoms. The molecule has 0 N–H and O–H groups in total. The maximum atomic E-state index is 14.3. The van der Waals surface area contributed by atoms with Gasteiger partial charge in [0.25, 0.3) is 0 Å². The van der Waals surface area contributed by atoms with Gasteiger partial charge in [-0.2, -0.15) is 0 Å². The average Bonchev–Trinajstić information content (AvgIpc) is 3.44. The molecule has 0 aliphatic rings. The smallest absolute Gasteiger partial charge is 0.230 e. The number of rotatable bonds is 6. The zero-order valence-electron chi connectivity index (χ0n) is 17.7. The van der Waals surface area contributed by atoms with E-state index in [2.05, 4.69) is 27.8 Å². The molecule has 0 unspecified atom stereocenters. The third kappa shape index (κ3) is 4.27. The highest BCUT2D eigenvalue weighted by molar-refractivity contribution is 7.98. The lowest BCUT2D eigenvalue weighted by atomic mass is 10.3. The number of thioether (sulfide) groups is 1. The summed E-state index contributed by atoms with van der Waals surface area (Å²) in [6.07, 6.45) is 0. The number of amides is 1. The summed E-state index contributed by atoms with van der Waals surface area (Å²) in [5.41, 5.74) is 3.99. The quantitative estimate of drug-likeness (QED) is 0.260. The third-order valence-corrected chi connectivity index (χ3v) is 6.88. The normalized spacial score (nSPS) is 11.1. The first-order valence-electron chi connectivity index (χ1n) is 10.3. The fraction of sp³-hybridized carbons (Fsp3) is 0.0800. The standard InChI is InChI=1S/C25H19FN4OS2/c1-17(31)29(22-13-7-5-11-20(22)26)24-27-18(15-32-24)16-33-25-28-21-12-6-8-14-23(21)30(25)19-9-3-2-4-10-19/h2-15H,16H2,1H3. The number of anilines is 2. The van der Waals surface area contributed by atoms with Gasteiger partial charge in [0.1, 0.15) is 5.82 Å². The summed E-state index contributed by atoms with van der Waals surface area (Å²) < 4.78 is 16.5. The molecule has 0 saturated heterocycles. The number of fused-ring (bicyclic) bond motifs is 1. The Balaban J connectivity index is 1.44. The summed E-state index contributed by atoms with van der Waals surface area (Å²) in [6, 6.07) is 24.4. The molecule has 1 amide bonds. The average molecular weight is 475 g/mol. The van der Waals surface area contributed by atoms with Gasteiger partial charge in [0, 0.05) is 23.7 Å². The Labute approximate surface area is 198 Å². The molecular weight excluding hydrogens is 455 g/mol. The van der Waals surface area contributed by atoms with Gasteiger partial charge in [0.05, 0.1) is 22.4 Å². The number of aromatic nitrogens is 3. The summed E-state index contributed by atoms with van der Waals surface area (Å²) >= 11 is 2.89. The van der Waals surface area contributed by atoms with Gasteiger partial charge in [0.2, 0.25) is 5.91 Å². The van der Waals surface area contributed by atoms with Crippen molar-refractivity contribution in [3.63, 3.8) is 0 Å². The summed E-state index contributed by atoms with van der Waals surface area (Å²) in [5, 5.41) is 3.20. The molecule has 5 aromatic rings. The van der Waals surface area contributed by atoms with Crippen LogP contribution in [0.3, 0.4) is 0 Å². The number of carbonyl (C=O) groups is 1. The molecule has 0 radical (unpaired) electrons. The zero-order valence-corrected chi connectivity index (χ0v) is 19.3. The van der Waals surface area contributed by atoms with E-state index in [0.29, 0.717) is 10.9 Å². The first-order valence-corrected chi connectivity index (χ1v) is 12.1. The van der Waals surface area contributed by atoms with E-state index >= 15 is 0 Å². The second kappa shape index (κ2) is 9.17. The fourth-order valence-electron chi connectivity index (χ4n) is 3.57. The number of carbonyl (C=O) groups excluding carboxylic acids is 1. The molecular formula is C25H19FN4OS2. The van der Waals surface area contributed by atoms with Gasteiger partial charge in [-0.25, -0.2) is 14.4 Å². The largest absolute Gasteiger partial charge is 0.287 e. The van der Waals surface area contributed by atoms with Crippen molar-refractivity contribution in [1.82, 2.24) is 14.5 Å². The zero-order chi connectivity index (χ0) is 22.8. The Hall–Kier alpha value is -3.49. The SMILES string of the molecule is CC(=O)N(c1nc(CSc2nc3ccccc3n2-c2ccccc2)cs1)c1ccccc1F. The van der Waals surface area contributed by atoms with E-state index in [4.69, 9.17) is 4.98 Å². The number of halogens is 1. The number of para-hydroxylation sites is 4. The lowest BCUT2D eigenvalue weighted by Crippen LogP contribution is -2.23. The van der Waals surface area contributed by atoms with Crippen molar-refractivity contribution >= 4 is 50.9 Å². The summed E-state index contributed by atoms with van der Waals surface area (Å²) in [5.74, 6) is -0.190. The minimum absolute atomic E-state index is 0.199. The Bertz CT molecular complexity index is 1430. The van der Waals surface area contributed by atoms with Gasteiger partial charge < -0.3 is 0 Å². The van der Waals surface area contributed by atoms with Crippen molar-refractivity contribution in [2.24, 2.45) is 0 Å². The Morgan fingerprint density at radius 3 is 2.52 bits per heavy atom. The van der Waals surface area contributed by atoms with Crippen molar-refractivity contribution in [3.8, 4) is 5.69 Å². The maximum Gasteiger partial charge on any atom is 0.230 e. The van der Waals surface area contributed by atoms with Gasteiger partial charge in [-0.05, 0) is 36.4 Å². The van der Waals surface area contributed by atoms with Crippen LogP contribution in [-0.2, 0) is 10.5 Å². The van der Waals surface area contributed by atoms with E-state index in [1.807, 2.05) is 41.8 Å². The van der Waals surface area contributed by atoms with E-state index in [0.717, 1.165) is 27.6 Å². The van der Waals surface area contributed by atoms with E-state index in [-0.39, 0.29) is 11.6 Å². The predicted molar refractivity (Wildman–Crippen MR) is 132 cm³/mol. The van der Waals surface area contributed by atoms with Gasteiger partial charge in [-0.15, -0.1) is 11.3 Å². The molecule has 0 saturated carbocycles. The summed E-state index contributed by atoms with van der Waals surface area (Å²) in [6.45, 7) is 1.41. The van der Waals surface area contributed by atoms with Crippen molar-refractivity contribution in [3.05, 3.63) is 95.8 Å². The molecule has 0 aliphatic carbocycles. The topological polar surface area (TPSA) is 51.0 Å².